The lowest BCUT2D eigenvalue weighted by atomic mass is 9.72. The Hall–Kier alpha value is -2.17. The van der Waals surface area contributed by atoms with Crippen molar-refractivity contribution in [2.45, 2.75) is 52.8 Å². The zero-order chi connectivity index (χ0) is 21.1. The molecule has 1 amide bonds. The summed E-state index contributed by atoms with van der Waals surface area (Å²) in [6.07, 6.45) is -1.36. The van der Waals surface area contributed by atoms with Gasteiger partial charge < -0.3 is 29.6 Å². The first-order valence-electron chi connectivity index (χ1n) is 8.96. The number of benzene rings is 1. The maximum atomic E-state index is 14.3. The molecular formula is C18H25BFNO7. The lowest BCUT2D eigenvalue weighted by molar-refractivity contribution is -0.193. The van der Waals surface area contributed by atoms with Crippen molar-refractivity contribution in [2.24, 2.45) is 5.41 Å². The van der Waals surface area contributed by atoms with E-state index in [1.54, 1.807) is 27.7 Å². The molecule has 0 radical (unpaired) electrons. The molecule has 0 aliphatic carbocycles. The van der Waals surface area contributed by atoms with Crippen LogP contribution in [0.15, 0.2) is 12.1 Å². The molecule has 0 bridgehead atoms. The average molecular weight is 397 g/mol. The highest BCUT2D eigenvalue weighted by atomic mass is 19.1. The van der Waals surface area contributed by atoms with E-state index in [0.29, 0.717) is 5.56 Å². The lowest BCUT2D eigenvalue weighted by Gasteiger charge is -2.30. The molecule has 1 aliphatic heterocycles. The van der Waals surface area contributed by atoms with Gasteiger partial charge in [0, 0.05) is 6.42 Å². The first-order valence-corrected chi connectivity index (χ1v) is 8.96. The van der Waals surface area contributed by atoms with Crippen molar-refractivity contribution < 1.29 is 38.2 Å². The van der Waals surface area contributed by atoms with E-state index in [1.807, 2.05) is 0 Å². The Morgan fingerprint density at radius 1 is 1.43 bits per heavy atom. The van der Waals surface area contributed by atoms with Gasteiger partial charge in [0.05, 0.1) is 16.9 Å². The fourth-order valence-corrected chi connectivity index (χ4v) is 2.57. The summed E-state index contributed by atoms with van der Waals surface area (Å²) in [5, 5.41) is 23.0. The molecular weight excluding hydrogens is 372 g/mol. The van der Waals surface area contributed by atoms with Crippen LogP contribution in [-0.2, 0) is 25.5 Å². The zero-order valence-corrected chi connectivity index (χ0v) is 16.3. The van der Waals surface area contributed by atoms with E-state index >= 15 is 0 Å². The Morgan fingerprint density at radius 2 is 2.11 bits per heavy atom. The van der Waals surface area contributed by atoms with Crippen LogP contribution in [0.4, 0.5) is 4.39 Å². The predicted molar refractivity (Wildman–Crippen MR) is 97.4 cm³/mol. The molecule has 0 saturated heterocycles. The molecule has 1 aromatic rings. The zero-order valence-electron chi connectivity index (χ0n) is 16.3. The summed E-state index contributed by atoms with van der Waals surface area (Å²) in [5.74, 6) is -2.39. The molecule has 0 fully saturated rings. The number of esters is 1. The highest BCUT2D eigenvalue weighted by Crippen LogP contribution is 2.36. The van der Waals surface area contributed by atoms with Crippen molar-refractivity contribution in [2.75, 3.05) is 6.79 Å². The SMILES string of the molecule is CCC(=O)N[C@H]1Cc2ccc(F)c(C(O)OCOC(=O)C(C)(C)C)c2OB1O. The minimum atomic E-state index is -1.78. The quantitative estimate of drug-likeness (QED) is 0.376. The van der Waals surface area contributed by atoms with E-state index in [-0.39, 0.29) is 30.1 Å². The van der Waals surface area contributed by atoms with Gasteiger partial charge in [-0.15, -0.1) is 0 Å². The van der Waals surface area contributed by atoms with Crippen molar-refractivity contribution in [3.8, 4) is 5.75 Å². The van der Waals surface area contributed by atoms with E-state index < -0.39 is 43.3 Å². The van der Waals surface area contributed by atoms with Gasteiger partial charge in [-0.2, -0.15) is 0 Å². The van der Waals surface area contributed by atoms with Crippen molar-refractivity contribution in [1.82, 2.24) is 5.32 Å². The van der Waals surface area contributed by atoms with Crippen molar-refractivity contribution >= 4 is 19.0 Å². The average Bonchev–Trinajstić information content (AvgIpc) is 2.61. The molecule has 0 spiro atoms. The summed E-state index contributed by atoms with van der Waals surface area (Å²) in [4.78, 5) is 23.3. The fraction of sp³-hybridized carbons (Fsp3) is 0.556. The van der Waals surface area contributed by atoms with Crippen LogP contribution >= 0.6 is 0 Å². The highest BCUT2D eigenvalue weighted by molar-refractivity contribution is 6.46. The maximum absolute atomic E-state index is 14.3. The molecule has 3 N–H and O–H groups in total. The Morgan fingerprint density at radius 3 is 2.71 bits per heavy atom. The summed E-state index contributed by atoms with van der Waals surface area (Å²) in [5.41, 5.74) is -0.586. The summed E-state index contributed by atoms with van der Waals surface area (Å²) in [6.45, 7) is 6.05. The number of carbonyl (C=O) groups is 2. The molecule has 8 nitrogen and oxygen atoms in total. The third-order valence-corrected chi connectivity index (χ3v) is 4.19. The second-order valence-electron chi connectivity index (χ2n) is 7.51. The largest absolute Gasteiger partial charge is 0.547 e. The molecule has 154 valence electrons. The van der Waals surface area contributed by atoms with E-state index in [1.165, 1.54) is 6.07 Å². The van der Waals surface area contributed by atoms with Gasteiger partial charge in [-0.25, -0.2) is 4.39 Å². The van der Waals surface area contributed by atoms with Gasteiger partial charge in [0.1, 0.15) is 11.6 Å². The van der Waals surface area contributed by atoms with Crippen LogP contribution < -0.4 is 9.97 Å². The normalized spacial score (nSPS) is 17.4. The molecule has 1 aromatic carbocycles. The van der Waals surface area contributed by atoms with Crippen LogP contribution in [0.2, 0.25) is 0 Å². The molecule has 2 atom stereocenters. The van der Waals surface area contributed by atoms with Crippen LogP contribution in [0.1, 0.15) is 51.5 Å². The first-order chi connectivity index (χ1) is 13.0. The lowest BCUT2D eigenvalue weighted by Crippen LogP contribution is -2.53. The van der Waals surface area contributed by atoms with Gasteiger partial charge in [0.15, 0.2) is 13.1 Å². The molecule has 0 saturated carbocycles. The summed E-state index contributed by atoms with van der Waals surface area (Å²) < 4.78 is 29.6. The topological polar surface area (TPSA) is 114 Å². The van der Waals surface area contributed by atoms with Crippen molar-refractivity contribution in [1.29, 1.82) is 0 Å². The number of hydrogen-bond acceptors (Lipinski definition) is 7. The summed E-state index contributed by atoms with van der Waals surface area (Å²) in [7, 11) is -1.42. The molecule has 28 heavy (non-hydrogen) atoms. The number of hydrogen-bond donors (Lipinski definition) is 3. The van der Waals surface area contributed by atoms with Gasteiger partial charge in [-0.3, -0.25) is 9.59 Å². The molecule has 1 aliphatic rings. The fourth-order valence-electron chi connectivity index (χ4n) is 2.57. The Balaban J connectivity index is 2.13. The van der Waals surface area contributed by atoms with Crippen molar-refractivity contribution in [3.05, 3.63) is 29.1 Å². The van der Waals surface area contributed by atoms with E-state index in [4.69, 9.17) is 14.1 Å². The molecule has 0 aromatic heterocycles. The molecule has 2 rings (SSSR count). The van der Waals surface area contributed by atoms with E-state index in [2.05, 4.69) is 5.32 Å². The van der Waals surface area contributed by atoms with E-state index in [9.17, 15) is 24.1 Å². The van der Waals surface area contributed by atoms with Crippen LogP contribution in [0.25, 0.3) is 0 Å². The number of aliphatic hydroxyl groups is 1. The van der Waals surface area contributed by atoms with Gasteiger partial charge >= 0.3 is 13.1 Å². The monoisotopic (exact) mass is 397 g/mol. The second kappa shape index (κ2) is 8.89. The standard InChI is InChI=1S/C18H25BFNO7/c1-5-13(22)21-12-8-10-6-7-11(20)14(15(10)28-19(12)25)16(23)26-9-27-17(24)18(2,3)4/h6-7,12,16,23,25H,5,8-9H2,1-4H3,(H,21,22)/t12-,16?/m0/s1. The molecule has 10 heteroatoms. The Labute approximate surface area is 163 Å². The smallest absolute Gasteiger partial charge is 0.534 e. The second-order valence-corrected chi connectivity index (χ2v) is 7.51. The number of halogens is 1. The Bertz CT molecular complexity index is 737. The summed E-state index contributed by atoms with van der Waals surface area (Å²) in [6, 6.07) is 2.57. The minimum absolute atomic E-state index is 0.0656. The highest BCUT2D eigenvalue weighted by Gasteiger charge is 2.38. The summed E-state index contributed by atoms with van der Waals surface area (Å²) >= 11 is 0. The number of carbonyl (C=O) groups excluding carboxylic acids is 2. The van der Waals surface area contributed by atoms with Gasteiger partial charge in [0.2, 0.25) is 5.91 Å². The molecule has 1 unspecified atom stereocenters. The van der Waals surface area contributed by atoms with Gasteiger partial charge in [0.25, 0.3) is 0 Å². The third kappa shape index (κ3) is 5.21. The van der Waals surface area contributed by atoms with E-state index in [0.717, 1.165) is 6.07 Å². The molecule has 1 heterocycles. The van der Waals surface area contributed by atoms with Crippen molar-refractivity contribution in [3.63, 3.8) is 0 Å². The Kier molecular flexibility index (Phi) is 7.03. The number of aliphatic hydroxyl groups excluding tert-OH is 1. The minimum Gasteiger partial charge on any atom is -0.534 e. The predicted octanol–water partition coefficient (Wildman–Crippen LogP) is 1.23. The van der Waals surface area contributed by atoms with Crippen LogP contribution in [0.5, 0.6) is 5.75 Å². The van der Waals surface area contributed by atoms with Gasteiger partial charge in [-0.1, -0.05) is 13.0 Å². The first kappa shape index (κ1) is 22.1. The number of ether oxygens (including phenoxy) is 2. The van der Waals surface area contributed by atoms with Crippen LogP contribution in [0, 0.1) is 11.2 Å². The number of nitrogens with one attached hydrogen (secondary N) is 1. The number of amides is 1. The third-order valence-electron chi connectivity index (χ3n) is 4.19. The van der Waals surface area contributed by atoms with Gasteiger partial charge in [-0.05, 0) is 38.8 Å². The van der Waals surface area contributed by atoms with Crippen LogP contribution in [0.3, 0.4) is 0 Å². The van der Waals surface area contributed by atoms with Crippen LogP contribution in [-0.4, -0.2) is 41.9 Å². The maximum Gasteiger partial charge on any atom is 0.547 e. The number of rotatable bonds is 6. The number of fused-ring (bicyclic) bond motifs is 1.